The number of primary amides is 1. The van der Waals surface area contributed by atoms with E-state index in [1.165, 1.54) is 58.8 Å². The number of nitrogens with one attached hydrogen (secondary N) is 1. The number of sulfone groups is 1. The summed E-state index contributed by atoms with van der Waals surface area (Å²) in [6, 6.07) is 24.5. The number of hydrogen-bond acceptors (Lipinski definition) is 11. The van der Waals surface area contributed by atoms with E-state index in [0.29, 0.717) is 46.7 Å². The van der Waals surface area contributed by atoms with E-state index in [-0.39, 0.29) is 38.7 Å². The Morgan fingerprint density at radius 2 is 1.63 bits per heavy atom. The first kappa shape index (κ1) is 39.6. The van der Waals surface area contributed by atoms with Crippen molar-refractivity contribution in [2.24, 2.45) is 5.73 Å². The van der Waals surface area contributed by atoms with Crippen LogP contribution in [0, 0.1) is 0 Å². The van der Waals surface area contributed by atoms with Gasteiger partial charge < -0.3 is 39.2 Å². The number of piperidine rings is 1. The number of carbonyl (C=O) groups excluding carboxylic acids is 2. The molecule has 7 rings (SSSR count). The maximum Gasteiger partial charge on any atom is 0.348 e. The van der Waals surface area contributed by atoms with Crippen LogP contribution in [0.15, 0.2) is 123 Å². The Morgan fingerprint density at radius 3 is 2.35 bits per heavy atom. The number of anilines is 1. The molecule has 298 valence electrons. The number of likely N-dealkylation sites (N-methyl/N-ethyl adjacent to an activating group) is 1. The van der Waals surface area contributed by atoms with Crippen LogP contribution in [-0.2, 0) is 37.7 Å². The summed E-state index contributed by atoms with van der Waals surface area (Å²) in [5.74, 6) is 0.659. The number of quaternary nitrogens is 1. The third kappa shape index (κ3) is 9.01. The number of rotatable bonds is 13. The Kier molecular flexibility index (Phi) is 11.2. The molecule has 0 aliphatic carbocycles. The Hall–Kier alpha value is -5.62. The van der Waals surface area contributed by atoms with Gasteiger partial charge in [-0.05, 0) is 91.2 Å². The van der Waals surface area contributed by atoms with Gasteiger partial charge in [-0.2, -0.15) is 8.42 Å². The summed E-state index contributed by atoms with van der Waals surface area (Å²) >= 11 is 0.720. The Bertz CT molecular complexity index is 2480. The summed E-state index contributed by atoms with van der Waals surface area (Å²) < 4.78 is 69.1. The predicted molar refractivity (Wildman–Crippen MR) is 211 cm³/mol. The molecule has 4 aromatic carbocycles. The predicted octanol–water partition coefficient (Wildman–Crippen LogP) is 5.52. The normalized spacial score (nSPS) is 18.4. The van der Waals surface area contributed by atoms with Crippen molar-refractivity contribution in [2.75, 3.05) is 32.2 Å². The molecule has 1 fully saturated rings. The summed E-state index contributed by atoms with van der Waals surface area (Å²) in [4.78, 5) is 28.9. The first-order chi connectivity index (χ1) is 27.2. The van der Waals surface area contributed by atoms with E-state index in [4.69, 9.17) is 19.4 Å². The molecule has 0 spiro atoms. The minimum atomic E-state index is -4.41. The molecule has 2 aliphatic rings. The van der Waals surface area contributed by atoms with Crippen LogP contribution in [0.5, 0.6) is 23.0 Å². The highest BCUT2D eigenvalue weighted by atomic mass is 32.3. The zero-order valence-electron chi connectivity index (χ0n) is 30.8. The smallest absolute Gasteiger partial charge is 0.348 e. The van der Waals surface area contributed by atoms with Crippen molar-refractivity contribution in [2.45, 2.75) is 51.9 Å². The van der Waals surface area contributed by atoms with Gasteiger partial charge in [0.2, 0.25) is 22.5 Å². The molecule has 2 aliphatic heterocycles. The van der Waals surface area contributed by atoms with E-state index in [1.54, 1.807) is 30.3 Å². The fourth-order valence-corrected chi connectivity index (χ4v) is 11.1. The maximum absolute atomic E-state index is 14.3. The zero-order valence-corrected chi connectivity index (χ0v) is 33.3. The van der Waals surface area contributed by atoms with Gasteiger partial charge in [0.1, 0.15) is 24.1 Å². The van der Waals surface area contributed by atoms with Crippen LogP contribution in [0.2, 0.25) is 0 Å². The standard InChI is InChI=1S/C40H40N4O10S3/c1-44(23-28-11-18-36-37(21-28)53-26-52-36)19-5-6-30(24-44)43(35(39(41)46)20-27-9-14-31(45)15-10-27)40(47)42-29-12-16-32(17-13-29)54-57(50,51)38-22-34(25-55-38)56(48,49)33-7-3-2-4-8-33/h2-4,7-18,21-22,25,30,35H,5-6,19-20,23-24,26H2,1H3,(H3-,41,42,45,46,47)/p+1/t30-,35-,44?/m0/s1. The van der Waals surface area contributed by atoms with Gasteiger partial charge in [0.15, 0.2) is 15.7 Å². The van der Waals surface area contributed by atoms with Crippen LogP contribution in [0.25, 0.3) is 0 Å². The number of ether oxygens (including phenoxy) is 2. The first-order valence-corrected chi connectivity index (χ1v) is 21.8. The highest BCUT2D eigenvalue weighted by molar-refractivity contribution is 7.92. The van der Waals surface area contributed by atoms with E-state index >= 15 is 0 Å². The van der Waals surface area contributed by atoms with Crippen molar-refractivity contribution in [3.63, 3.8) is 0 Å². The number of benzene rings is 4. The van der Waals surface area contributed by atoms with Crippen molar-refractivity contribution in [1.29, 1.82) is 0 Å². The summed E-state index contributed by atoms with van der Waals surface area (Å²) in [6.45, 7) is 2.16. The van der Waals surface area contributed by atoms with Crippen LogP contribution >= 0.6 is 11.3 Å². The van der Waals surface area contributed by atoms with Crippen molar-refractivity contribution < 1.29 is 49.7 Å². The average Bonchev–Trinajstić information content (AvgIpc) is 3.88. The topological polar surface area (TPSA) is 192 Å². The molecule has 0 saturated carbocycles. The van der Waals surface area contributed by atoms with Gasteiger partial charge in [-0.15, -0.1) is 11.3 Å². The maximum atomic E-state index is 14.3. The molecule has 3 amide bonds. The molecule has 4 N–H and O–H groups in total. The first-order valence-electron chi connectivity index (χ1n) is 18.0. The van der Waals surface area contributed by atoms with Crippen LogP contribution in [0.4, 0.5) is 10.5 Å². The molecular formula is C40H41N4O10S3+. The Balaban J connectivity index is 1.09. The second kappa shape index (κ2) is 16.1. The van der Waals surface area contributed by atoms with Crippen molar-refractivity contribution in [3.8, 4) is 23.0 Å². The highest BCUT2D eigenvalue weighted by Gasteiger charge is 2.41. The number of likely N-dealkylation sites (tertiary alicyclic amines) is 1. The number of thiophene rings is 1. The molecule has 3 atom stereocenters. The number of phenols is 1. The SMILES string of the molecule is C[N+]1(Cc2ccc3c(c2)OCO3)CCC[C@H](N(C(=O)Nc2ccc(OS(=O)(=O)c3cc(S(=O)(=O)c4ccccc4)cs3)cc2)[C@@H](Cc2ccc(O)cc2)C(N)=O)C1. The number of aromatic hydroxyl groups is 1. The van der Waals surface area contributed by atoms with E-state index in [2.05, 4.69) is 12.4 Å². The molecule has 1 unspecified atom stereocenters. The minimum Gasteiger partial charge on any atom is -0.508 e. The second-order valence-electron chi connectivity index (χ2n) is 14.3. The van der Waals surface area contributed by atoms with Gasteiger partial charge in [0.25, 0.3) is 0 Å². The molecule has 14 nitrogen and oxygen atoms in total. The fraction of sp³-hybridized carbons (Fsp3) is 0.250. The average molecular weight is 834 g/mol. The van der Waals surface area contributed by atoms with Crippen molar-refractivity contribution in [1.82, 2.24) is 4.90 Å². The third-order valence-electron chi connectivity index (χ3n) is 10.0. The lowest BCUT2D eigenvalue weighted by molar-refractivity contribution is -0.928. The Labute approximate surface area is 334 Å². The fourth-order valence-electron chi connectivity index (χ4n) is 7.26. The quantitative estimate of drug-likeness (QED) is 0.101. The van der Waals surface area contributed by atoms with E-state index < -0.39 is 44.0 Å². The van der Waals surface area contributed by atoms with E-state index in [0.717, 1.165) is 35.9 Å². The highest BCUT2D eigenvalue weighted by Crippen LogP contribution is 2.35. The summed E-state index contributed by atoms with van der Waals surface area (Å²) in [6.07, 6.45) is 1.49. The summed E-state index contributed by atoms with van der Waals surface area (Å²) in [5.41, 5.74) is 8.06. The summed E-state index contributed by atoms with van der Waals surface area (Å²) in [5, 5.41) is 14.0. The lowest BCUT2D eigenvalue weighted by atomic mass is 9.96. The second-order valence-corrected chi connectivity index (χ2v) is 18.9. The lowest BCUT2D eigenvalue weighted by Crippen LogP contribution is -2.62. The number of amides is 3. The number of carbonyl (C=O) groups is 2. The largest absolute Gasteiger partial charge is 0.508 e. The number of phenolic OH excluding ortho intramolecular Hbond substituents is 1. The molecule has 3 heterocycles. The van der Waals surface area contributed by atoms with Crippen LogP contribution in [-0.4, -0.2) is 82.3 Å². The molecule has 1 saturated heterocycles. The molecule has 0 radical (unpaired) electrons. The minimum absolute atomic E-state index is 0.0317. The molecule has 57 heavy (non-hydrogen) atoms. The monoisotopic (exact) mass is 833 g/mol. The van der Waals surface area contributed by atoms with Crippen LogP contribution < -0.4 is 24.7 Å². The van der Waals surface area contributed by atoms with Crippen LogP contribution in [0.1, 0.15) is 24.0 Å². The number of nitrogens with two attached hydrogens (primary N) is 1. The van der Waals surface area contributed by atoms with Gasteiger partial charge in [0, 0.05) is 23.1 Å². The summed E-state index contributed by atoms with van der Waals surface area (Å²) in [7, 11) is -6.24. The van der Waals surface area contributed by atoms with Crippen molar-refractivity contribution >= 4 is 48.9 Å². The van der Waals surface area contributed by atoms with E-state index in [9.17, 15) is 31.5 Å². The van der Waals surface area contributed by atoms with Gasteiger partial charge in [-0.25, -0.2) is 13.2 Å². The third-order valence-corrected chi connectivity index (χ3v) is 14.6. The number of fused-ring (bicyclic) bond motifs is 1. The number of hydrogen-bond donors (Lipinski definition) is 3. The molecular weight excluding hydrogens is 793 g/mol. The molecule has 0 bridgehead atoms. The van der Waals surface area contributed by atoms with Crippen LogP contribution in [0.3, 0.4) is 0 Å². The Morgan fingerprint density at radius 1 is 0.930 bits per heavy atom. The van der Waals surface area contributed by atoms with E-state index in [1.807, 2.05) is 18.2 Å². The molecule has 1 aromatic heterocycles. The number of nitrogens with zero attached hydrogens (tertiary/aromatic N) is 2. The van der Waals surface area contributed by atoms with Crippen molar-refractivity contribution in [3.05, 3.63) is 120 Å². The molecule has 5 aromatic rings. The van der Waals surface area contributed by atoms with Gasteiger partial charge in [0.05, 0.1) is 36.0 Å². The van der Waals surface area contributed by atoms with Gasteiger partial charge in [-0.1, -0.05) is 30.3 Å². The zero-order chi connectivity index (χ0) is 40.4. The van der Waals surface area contributed by atoms with Gasteiger partial charge >= 0.3 is 16.1 Å². The molecule has 17 heteroatoms. The number of urea groups is 1. The van der Waals surface area contributed by atoms with Gasteiger partial charge in [-0.3, -0.25) is 4.79 Å². The lowest BCUT2D eigenvalue weighted by Gasteiger charge is -2.46.